The van der Waals surface area contributed by atoms with Crippen LogP contribution in [-0.4, -0.2) is 71.0 Å². The normalized spacial score (nSPS) is 25.2. The van der Waals surface area contributed by atoms with E-state index in [1.54, 1.807) is 0 Å². The molecule has 2 aliphatic heterocycles. The predicted octanol–water partition coefficient (Wildman–Crippen LogP) is 4.58. The van der Waals surface area contributed by atoms with E-state index in [-0.39, 0.29) is 74.2 Å². The highest BCUT2D eigenvalue weighted by atomic mass is 32.1. The first-order valence-corrected chi connectivity index (χ1v) is 17.9. The minimum Gasteiger partial charge on any atom is -0.460 e. The standard InChI is InChI=1S/C12H24O4Si.C12H22O4Si.2H2S/c2*1-12(2,3)17(4,5)16-9-6-10(8-13)15-11(14)7-9;;/h9-10,13H,6-8H2,1-5H3;8-10H,6-7H2,1-5H3;2*1H2/t2*9-,10+;;/m11../s1. The van der Waals surface area contributed by atoms with Crippen molar-refractivity contribution >= 4 is 61.9 Å². The van der Waals surface area contributed by atoms with Crippen molar-refractivity contribution in [2.45, 2.75) is 128 Å². The van der Waals surface area contributed by atoms with E-state index in [2.05, 4.69) is 67.7 Å². The van der Waals surface area contributed by atoms with E-state index in [0.717, 1.165) is 0 Å². The Hall–Kier alpha value is -0.376. The number of hydrogen-bond donors (Lipinski definition) is 1. The molecule has 0 spiro atoms. The van der Waals surface area contributed by atoms with E-state index in [4.69, 9.17) is 23.4 Å². The lowest BCUT2D eigenvalue weighted by Gasteiger charge is -2.41. The zero-order valence-electron chi connectivity index (χ0n) is 23.7. The van der Waals surface area contributed by atoms with Gasteiger partial charge in [0.1, 0.15) is 6.10 Å². The summed E-state index contributed by atoms with van der Waals surface area (Å²) in [6.45, 7) is 21.5. The summed E-state index contributed by atoms with van der Waals surface area (Å²) in [7, 11) is -3.74. The number of ether oxygens (including phenoxy) is 2. The molecule has 2 saturated heterocycles. The Bertz CT molecular complexity index is 720. The Morgan fingerprint density at radius 2 is 1.22 bits per heavy atom. The zero-order valence-corrected chi connectivity index (χ0v) is 27.7. The maximum absolute atomic E-state index is 11.4. The number of aldehydes is 1. The summed E-state index contributed by atoms with van der Waals surface area (Å²) < 4.78 is 22.2. The molecular formula is C24H50O8S2Si2. The van der Waals surface area contributed by atoms with Crippen LogP contribution in [-0.2, 0) is 32.7 Å². The van der Waals surface area contributed by atoms with Gasteiger partial charge in [-0.15, -0.1) is 0 Å². The summed E-state index contributed by atoms with van der Waals surface area (Å²) >= 11 is 0. The van der Waals surface area contributed by atoms with Crippen molar-refractivity contribution in [2.24, 2.45) is 0 Å². The van der Waals surface area contributed by atoms with Crippen LogP contribution in [0, 0.1) is 0 Å². The fraction of sp³-hybridized carbons (Fsp3) is 0.875. The largest absolute Gasteiger partial charge is 0.460 e. The van der Waals surface area contributed by atoms with Gasteiger partial charge in [-0.05, 0) is 36.3 Å². The summed E-state index contributed by atoms with van der Waals surface area (Å²) in [6.07, 6.45) is 1.04. The van der Waals surface area contributed by atoms with Gasteiger partial charge in [0.15, 0.2) is 29.0 Å². The van der Waals surface area contributed by atoms with Crippen molar-refractivity contribution in [3.05, 3.63) is 0 Å². The zero-order chi connectivity index (χ0) is 26.5. The van der Waals surface area contributed by atoms with Gasteiger partial charge < -0.3 is 23.4 Å². The molecular weight excluding hydrogens is 537 g/mol. The fourth-order valence-corrected chi connectivity index (χ4v) is 5.93. The fourth-order valence-electron chi connectivity index (χ4n) is 3.20. The topological polar surface area (TPSA) is 108 Å². The number of aliphatic hydroxyl groups is 1. The molecule has 2 rings (SSSR count). The van der Waals surface area contributed by atoms with Crippen LogP contribution in [0.1, 0.15) is 67.2 Å². The van der Waals surface area contributed by atoms with Crippen LogP contribution in [0.2, 0.25) is 36.3 Å². The smallest absolute Gasteiger partial charge is 0.309 e. The van der Waals surface area contributed by atoms with E-state index in [0.29, 0.717) is 25.5 Å². The monoisotopic (exact) mass is 586 g/mol. The molecule has 2 fully saturated rings. The molecule has 4 atom stereocenters. The van der Waals surface area contributed by atoms with E-state index in [9.17, 15) is 14.4 Å². The molecule has 1 N–H and O–H groups in total. The van der Waals surface area contributed by atoms with Crippen molar-refractivity contribution in [3.63, 3.8) is 0 Å². The third kappa shape index (κ3) is 11.6. The van der Waals surface area contributed by atoms with Crippen LogP contribution in [0.4, 0.5) is 0 Å². The second kappa shape index (κ2) is 14.7. The molecule has 8 nitrogen and oxygen atoms in total. The Morgan fingerprint density at radius 3 is 1.58 bits per heavy atom. The van der Waals surface area contributed by atoms with Crippen molar-refractivity contribution in [2.75, 3.05) is 6.61 Å². The van der Waals surface area contributed by atoms with Crippen LogP contribution in [0.5, 0.6) is 0 Å². The summed E-state index contributed by atoms with van der Waals surface area (Å²) in [4.78, 5) is 33.4. The summed E-state index contributed by atoms with van der Waals surface area (Å²) in [6, 6.07) is 0. The van der Waals surface area contributed by atoms with Crippen LogP contribution in [0.3, 0.4) is 0 Å². The summed E-state index contributed by atoms with van der Waals surface area (Å²) in [5.41, 5.74) is 0. The molecule has 12 heteroatoms. The number of carbonyl (C=O) groups is 3. The second-order valence-electron chi connectivity index (χ2n) is 12.3. The number of hydrogen-bond acceptors (Lipinski definition) is 8. The van der Waals surface area contributed by atoms with Crippen molar-refractivity contribution in [3.8, 4) is 0 Å². The molecule has 0 aliphatic carbocycles. The molecule has 0 aromatic carbocycles. The number of aliphatic hydroxyl groups excluding tert-OH is 1. The third-order valence-electron chi connectivity index (χ3n) is 7.28. The van der Waals surface area contributed by atoms with E-state index >= 15 is 0 Å². The Morgan fingerprint density at radius 1 is 0.833 bits per heavy atom. The Labute approximate surface area is 233 Å². The van der Waals surface area contributed by atoms with Gasteiger partial charge in [-0.1, -0.05) is 41.5 Å². The number of carbonyl (C=O) groups excluding carboxylic acids is 3. The van der Waals surface area contributed by atoms with Crippen molar-refractivity contribution in [1.82, 2.24) is 0 Å². The van der Waals surface area contributed by atoms with Gasteiger partial charge in [0, 0.05) is 12.8 Å². The lowest BCUT2D eigenvalue weighted by Crippen LogP contribution is -2.47. The maximum Gasteiger partial charge on any atom is 0.309 e. The summed E-state index contributed by atoms with van der Waals surface area (Å²) in [5, 5.41) is 9.29. The Balaban J connectivity index is 0. The van der Waals surface area contributed by atoms with Crippen molar-refractivity contribution in [1.29, 1.82) is 0 Å². The van der Waals surface area contributed by atoms with Gasteiger partial charge in [-0.3, -0.25) is 14.4 Å². The first-order chi connectivity index (χ1) is 15.3. The minimum atomic E-state index is -1.89. The first kappa shape index (κ1) is 37.8. The molecule has 214 valence electrons. The molecule has 0 bridgehead atoms. The number of cyclic esters (lactones) is 2. The molecule has 0 saturated carbocycles. The van der Waals surface area contributed by atoms with E-state index in [1.165, 1.54) is 0 Å². The highest BCUT2D eigenvalue weighted by Crippen LogP contribution is 2.39. The summed E-state index contributed by atoms with van der Waals surface area (Å²) in [5.74, 6) is -0.601. The van der Waals surface area contributed by atoms with Crippen LogP contribution >= 0.6 is 27.0 Å². The van der Waals surface area contributed by atoms with Crippen LogP contribution < -0.4 is 0 Å². The molecule has 0 aromatic rings. The lowest BCUT2D eigenvalue weighted by molar-refractivity contribution is -0.162. The van der Waals surface area contributed by atoms with E-state index < -0.39 is 28.8 Å². The highest BCUT2D eigenvalue weighted by molar-refractivity contribution is 7.59. The molecule has 2 aliphatic rings. The van der Waals surface area contributed by atoms with Gasteiger partial charge in [0.25, 0.3) is 0 Å². The maximum atomic E-state index is 11.4. The third-order valence-corrected chi connectivity index (χ3v) is 16.4. The average Bonchev–Trinajstić information content (AvgIpc) is 2.64. The quantitative estimate of drug-likeness (QED) is 0.274. The van der Waals surface area contributed by atoms with E-state index in [1.807, 2.05) is 0 Å². The van der Waals surface area contributed by atoms with Crippen LogP contribution in [0.15, 0.2) is 0 Å². The average molecular weight is 587 g/mol. The molecule has 0 aromatic heterocycles. The van der Waals surface area contributed by atoms with Gasteiger partial charge >= 0.3 is 11.9 Å². The van der Waals surface area contributed by atoms with Crippen molar-refractivity contribution < 1.29 is 37.8 Å². The second-order valence-corrected chi connectivity index (χ2v) is 21.9. The number of esters is 2. The van der Waals surface area contributed by atoms with Gasteiger partial charge in [0.05, 0.1) is 31.7 Å². The lowest BCUT2D eigenvalue weighted by atomic mass is 10.1. The Kier molecular flexibility index (Phi) is 15.4. The van der Waals surface area contributed by atoms with Crippen LogP contribution in [0.25, 0.3) is 0 Å². The highest BCUT2D eigenvalue weighted by Gasteiger charge is 2.42. The SMILES string of the molecule is CC(C)(C)[Si](C)(C)O[C@H]1CC(=O)O[C@H](C=O)C1.CC(C)(C)[Si](C)(C)O[C@H]1CC(=O)O[C@H](CO)C1.S.S. The molecule has 0 radical (unpaired) electrons. The van der Waals surface area contributed by atoms with Gasteiger partial charge in [0.2, 0.25) is 0 Å². The molecule has 2 heterocycles. The van der Waals surface area contributed by atoms with Gasteiger partial charge in [-0.2, -0.15) is 27.0 Å². The first-order valence-electron chi connectivity index (χ1n) is 12.1. The number of rotatable bonds is 6. The predicted molar refractivity (Wildman–Crippen MR) is 156 cm³/mol. The molecule has 36 heavy (non-hydrogen) atoms. The minimum absolute atomic E-state index is 0. The molecule has 0 amide bonds. The molecule has 0 unspecified atom stereocenters. The van der Waals surface area contributed by atoms with Gasteiger partial charge in [-0.25, -0.2) is 0 Å².